The second-order valence-corrected chi connectivity index (χ2v) is 4.95. The van der Waals surface area contributed by atoms with Crippen LogP contribution < -0.4 is 20.5 Å². The van der Waals surface area contributed by atoms with Crippen LogP contribution >= 0.6 is 0 Å². The van der Waals surface area contributed by atoms with E-state index in [2.05, 4.69) is 5.32 Å². The molecule has 1 rings (SSSR count). The molecule has 5 nitrogen and oxygen atoms in total. The number of nitrogens with one attached hydrogen (secondary N) is 1. The first-order valence-electron chi connectivity index (χ1n) is 7.47. The Labute approximate surface area is 126 Å². The van der Waals surface area contributed by atoms with Gasteiger partial charge in [0.25, 0.3) is 0 Å². The normalized spacial score (nSPS) is 11.8. The molecule has 0 radical (unpaired) electrons. The molecule has 1 aromatic rings. The van der Waals surface area contributed by atoms with E-state index in [4.69, 9.17) is 15.2 Å². The molecule has 0 aromatic heterocycles. The minimum absolute atomic E-state index is 0.0102. The third-order valence-corrected chi connectivity index (χ3v) is 2.83. The van der Waals surface area contributed by atoms with Crippen molar-refractivity contribution in [3.63, 3.8) is 0 Å². The SMILES string of the molecule is CCNC(=O)CCOc1ccc(CC(C)N)cc1OCC. The van der Waals surface area contributed by atoms with Crippen molar-refractivity contribution in [2.75, 3.05) is 19.8 Å². The van der Waals surface area contributed by atoms with Gasteiger partial charge in [0.15, 0.2) is 11.5 Å². The summed E-state index contributed by atoms with van der Waals surface area (Å²) in [6, 6.07) is 5.91. The number of carbonyl (C=O) groups is 1. The predicted molar refractivity (Wildman–Crippen MR) is 83.8 cm³/mol. The summed E-state index contributed by atoms with van der Waals surface area (Å²) < 4.78 is 11.2. The fraction of sp³-hybridized carbons (Fsp3) is 0.562. The molecule has 1 unspecified atom stereocenters. The quantitative estimate of drug-likeness (QED) is 0.729. The molecule has 0 aliphatic heterocycles. The van der Waals surface area contributed by atoms with Crippen LogP contribution in [0.4, 0.5) is 0 Å². The van der Waals surface area contributed by atoms with Gasteiger partial charge >= 0.3 is 0 Å². The van der Waals surface area contributed by atoms with Crippen molar-refractivity contribution in [1.29, 1.82) is 0 Å². The number of benzene rings is 1. The van der Waals surface area contributed by atoms with Crippen LogP contribution in [0.15, 0.2) is 18.2 Å². The molecule has 0 heterocycles. The van der Waals surface area contributed by atoms with E-state index in [1.807, 2.05) is 39.0 Å². The molecule has 1 aromatic carbocycles. The van der Waals surface area contributed by atoms with Gasteiger partial charge in [0.2, 0.25) is 5.91 Å². The van der Waals surface area contributed by atoms with E-state index in [-0.39, 0.29) is 11.9 Å². The van der Waals surface area contributed by atoms with Gasteiger partial charge < -0.3 is 20.5 Å². The van der Waals surface area contributed by atoms with Gasteiger partial charge in [0, 0.05) is 12.6 Å². The molecule has 0 aliphatic rings. The van der Waals surface area contributed by atoms with Gasteiger partial charge in [0.1, 0.15) is 0 Å². The van der Waals surface area contributed by atoms with Crippen LogP contribution in [-0.2, 0) is 11.2 Å². The lowest BCUT2D eigenvalue weighted by Gasteiger charge is -2.14. The number of hydrogen-bond acceptors (Lipinski definition) is 4. The lowest BCUT2D eigenvalue weighted by molar-refractivity contribution is -0.121. The maximum Gasteiger partial charge on any atom is 0.223 e. The monoisotopic (exact) mass is 294 g/mol. The Hall–Kier alpha value is -1.75. The predicted octanol–water partition coefficient (Wildman–Crippen LogP) is 1.88. The molecule has 0 fully saturated rings. The van der Waals surface area contributed by atoms with Crippen molar-refractivity contribution in [2.45, 2.75) is 39.7 Å². The lowest BCUT2D eigenvalue weighted by atomic mass is 10.1. The molecule has 5 heteroatoms. The summed E-state index contributed by atoms with van der Waals surface area (Å²) in [5.41, 5.74) is 6.93. The highest BCUT2D eigenvalue weighted by molar-refractivity contribution is 5.75. The zero-order valence-electron chi connectivity index (χ0n) is 13.1. The second-order valence-electron chi connectivity index (χ2n) is 4.95. The number of nitrogens with two attached hydrogens (primary N) is 1. The minimum Gasteiger partial charge on any atom is -0.490 e. The van der Waals surface area contributed by atoms with Crippen molar-refractivity contribution in [3.8, 4) is 11.5 Å². The van der Waals surface area contributed by atoms with Crippen molar-refractivity contribution < 1.29 is 14.3 Å². The summed E-state index contributed by atoms with van der Waals surface area (Å²) in [5, 5.41) is 2.74. The van der Waals surface area contributed by atoms with E-state index < -0.39 is 0 Å². The highest BCUT2D eigenvalue weighted by Crippen LogP contribution is 2.29. The van der Waals surface area contributed by atoms with Crippen LogP contribution in [0.2, 0.25) is 0 Å². The van der Waals surface area contributed by atoms with Gasteiger partial charge in [0.05, 0.1) is 19.6 Å². The van der Waals surface area contributed by atoms with Crippen LogP contribution in [0.3, 0.4) is 0 Å². The number of ether oxygens (including phenoxy) is 2. The fourth-order valence-electron chi connectivity index (χ4n) is 1.98. The summed E-state index contributed by atoms with van der Waals surface area (Å²) in [6.07, 6.45) is 1.13. The smallest absolute Gasteiger partial charge is 0.223 e. The molecule has 3 N–H and O–H groups in total. The molecule has 0 aliphatic carbocycles. The third kappa shape index (κ3) is 6.49. The Kier molecular flexibility index (Phi) is 7.61. The molecular weight excluding hydrogens is 268 g/mol. The largest absolute Gasteiger partial charge is 0.490 e. The maximum atomic E-state index is 11.4. The van der Waals surface area contributed by atoms with E-state index >= 15 is 0 Å². The number of carbonyl (C=O) groups excluding carboxylic acids is 1. The topological polar surface area (TPSA) is 73.6 Å². The summed E-state index contributed by atoms with van der Waals surface area (Å²) in [5.74, 6) is 1.35. The van der Waals surface area contributed by atoms with E-state index in [9.17, 15) is 4.79 Å². The van der Waals surface area contributed by atoms with Crippen LogP contribution in [0.1, 0.15) is 32.8 Å². The Morgan fingerprint density at radius 2 is 2.05 bits per heavy atom. The van der Waals surface area contributed by atoms with Crippen molar-refractivity contribution >= 4 is 5.91 Å². The summed E-state index contributed by atoms with van der Waals surface area (Å²) in [6.45, 7) is 7.32. The highest BCUT2D eigenvalue weighted by Gasteiger charge is 2.09. The van der Waals surface area contributed by atoms with Crippen molar-refractivity contribution in [2.24, 2.45) is 5.73 Å². The van der Waals surface area contributed by atoms with E-state index in [1.165, 1.54) is 0 Å². The van der Waals surface area contributed by atoms with E-state index in [0.29, 0.717) is 37.7 Å². The summed E-state index contributed by atoms with van der Waals surface area (Å²) in [7, 11) is 0. The van der Waals surface area contributed by atoms with Gasteiger partial charge in [-0.15, -0.1) is 0 Å². The summed E-state index contributed by atoms with van der Waals surface area (Å²) >= 11 is 0. The molecule has 118 valence electrons. The van der Waals surface area contributed by atoms with Gasteiger partial charge in [-0.25, -0.2) is 0 Å². The lowest BCUT2D eigenvalue weighted by Crippen LogP contribution is -2.24. The second kappa shape index (κ2) is 9.23. The minimum atomic E-state index is -0.0102. The van der Waals surface area contributed by atoms with Crippen LogP contribution in [0.25, 0.3) is 0 Å². The molecule has 0 saturated heterocycles. The Morgan fingerprint density at radius 3 is 2.67 bits per heavy atom. The Bertz CT molecular complexity index is 447. The molecule has 0 saturated carbocycles. The molecule has 0 spiro atoms. The average molecular weight is 294 g/mol. The first-order chi connectivity index (χ1) is 10.1. The first kappa shape index (κ1) is 17.3. The zero-order valence-corrected chi connectivity index (χ0v) is 13.1. The van der Waals surface area contributed by atoms with E-state index in [1.54, 1.807) is 0 Å². The Morgan fingerprint density at radius 1 is 1.29 bits per heavy atom. The highest BCUT2D eigenvalue weighted by atomic mass is 16.5. The third-order valence-electron chi connectivity index (χ3n) is 2.83. The van der Waals surface area contributed by atoms with Crippen molar-refractivity contribution in [3.05, 3.63) is 23.8 Å². The number of hydrogen-bond donors (Lipinski definition) is 2. The van der Waals surface area contributed by atoms with Gasteiger partial charge in [-0.2, -0.15) is 0 Å². The molecule has 1 amide bonds. The summed E-state index contributed by atoms with van der Waals surface area (Å²) in [4.78, 5) is 11.4. The molecule has 0 bridgehead atoms. The van der Waals surface area contributed by atoms with Gasteiger partial charge in [-0.1, -0.05) is 6.07 Å². The molecule has 21 heavy (non-hydrogen) atoms. The van der Waals surface area contributed by atoms with Crippen LogP contribution in [0, 0.1) is 0 Å². The molecule has 1 atom stereocenters. The average Bonchev–Trinajstić information content (AvgIpc) is 2.41. The van der Waals surface area contributed by atoms with Crippen molar-refractivity contribution in [1.82, 2.24) is 5.32 Å². The zero-order chi connectivity index (χ0) is 15.7. The van der Waals surface area contributed by atoms with E-state index in [0.717, 1.165) is 12.0 Å². The Balaban J connectivity index is 2.65. The first-order valence-corrected chi connectivity index (χ1v) is 7.47. The maximum absolute atomic E-state index is 11.4. The fourth-order valence-corrected chi connectivity index (χ4v) is 1.98. The van der Waals surface area contributed by atoms with Crippen LogP contribution in [-0.4, -0.2) is 31.7 Å². The standard InChI is InChI=1S/C16H26N2O3/c1-4-18-16(19)8-9-21-14-7-6-13(10-12(3)17)11-15(14)20-5-2/h6-7,11-12H,4-5,8-10,17H2,1-3H3,(H,18,19). The number of amides is 1. The number of rotatable bonds is 9. The molecular formula is C16H26N2O3. The van der Waals surface area contributed by atoms with Gasteiger partial charge in [-0.05, 0) is 44.9 Å². The van der Waals surface area contributed by atoms with Crippen LogP contribution in [0.5, 0.6) is 11.5 Å². The van der Waals surface area contributed by atoms with Gasteiger partial charge in [-0.3, -0.25) is 4.79 Å².